The molecule has 1 unspecified atom stereocenters. The molecular formula is C9H10O3. The molecule has 0 aliphatic rings. The number of ketones is 1. The molecule has 0 aromatic carbocycles. The van der Waals surface area contributed by atoms with Crippen molar-refractivity contribution in [3.05, 3.63) is 38.0 Å². The van der Waals surface area contributed by atoms with Crippen molar-refractivity contribution in [3.8, 4) is 0 Å². The third-order valence-electron chi connectivity index (χ3n) is 1.11. The highest BCUT2D eigenvalue weighted by atomic mass is 16.5. The summed E-state index contributed by atoms with van der Waals surface area (Å²) in [4.78, 5) is 21.5. The van der Waals surface area contributed by atoms with Gasteiger partial charge in [0.05, 0.1) is 0 Å². The Hall–Kier alpha value is -1.64. The van der Waals surface area contributed by atoms with E-state index in [9.17, 15) is 9.59 Å². The van der Waals surface area contributed by atoms with Crippen LogP contribution in [-0.2, 0) is 14.3 Å². The van der Waals surface area contributed by atoms with Gasteiger partial charge in [0.2, 0.25) is 0 Å². The lowest BCUT2D eigenvalue weighted by Gasteiger charge is -2.07. The van der Waals surface area contributed by atoms with Crippen LogP contribution in [-0.4, -0.2) is 17.9 Å². The van der Waals surface area contributed by atoms with E-state index in [4.69, 9.17) is 0 Å². The maximum atomic E-state index is 10.9. The molecule has 0 fully saturated rings. The summed E-state index contributed by atoms with van der Waals surface area (Å²) < 4.78 is 4.61. The molecule has 0 heterocycles. The fraction of sp³-hybridized carbons (Fsp3) is 0.111. The second kappa shape index (κ2) is 5.07. The third-order valence-corrected chi connectivity index (χ3v) is 1.11. The Balaban J connectivity index is 4.26. The van der Waals surface area contributed by atoms with Crippen molar-refractivity contribution in [1.29, 1.82) is 0 Å². The average Bonchev–Trinajstić information content (AvgIpc) is 2.12. The number of hydrogen-bond donors (Lipinski definition) is 0. The first-order chi connectivity index (χ1) is 5.65. The third kappa shape index (κ3) is 2.96. The van der Waals surface area contributed by atoms with E-state index < -0.39 is 17.9 Å². The van der Waals surface area contributed by atoms with E-state index in [0.29, 0.717) is 0 Å². The summed E-state index contributed by atoms with van der Waals surface area (Å²) in [6.45, 7) is 9.77. The van der Waals surface area contributed by atoms with Crippen LogP contribution in [0.25, 0.3) is 0 Å². The number of carbonyl (C=O) groups is 2. The molecule has 64 valence electrons. The predicted molar refractivity (Wildman–Crippen MR) is 45.5 cm³/mol. The predicted octanol–water partition coefficient (Wildman–Crippen LogP) is 1.03. The molecule has 12 heavy (non-hydrogen) atoms. The van der Waals surface area contributed by atoms with Gasteiger partial charge in [-0.05, 0) is 12.2 Å². The van der Waals surface area contributed by atoms with Crippen LogP contribution in [0, 0.1) is 0 Å². The molecule has 3 heteroatoms. The van der Waals surface area contributed by atoms with Gasteiger partial charge < -0.3 is 4.74 Å². The van der Waals surface area contributed by atoms with Gasteiger partial charge >= 0.3 is 5.97 Å². The molecule has 0 aliphatic heterocycles. The minimum Gasteiger partial charge on any atom is -0.447 e. The molecule has 0 aromatic rings. The Bertz CT molecular complexity index is 228. The SMILES string of the molecule is C=CC(=O)OC(C=C)C(=O)C=C. The van der Waals surface area contributed by atoms with Gasteiger partial charge in [-0.3, -0.25) is 4.79 Å². The van der Waals surface area contributed by atoms with Gasteiger partial charge in [0.1, 0.15) is 0 Å². The van der Waals surface area contributed by atoms with Crippen LogP contribution in [0.2, 0.25) is 0 Å². The van der Waals surface area contributed by atoms with Crippen molar-refractivity contribution in [1.82, 2.24) is 0 Å². The first-order valence-electron chi connectivity index (χ1n) is 3.27. The summed E-state index contributed by atoms with van der Waals surface area (Å²) in [6, 6.07) is 0. The van der Waals surface area contributed by atoms with Gasteiger partial charge in [0.15, 0.2) is 11.9 Å². The van der Waals surface area contributed by atoms with Crippen molar-refractivity contribution in [2.24, 2.45) is 0 Å². The molecular weight excluding hydrogens is 156 g/mol. The van der Waals surface area contributed by atoms with Gasteiger partial charge in [-0.25, -0.2) is 4.79 Å². The zero-order valence-electron chi connectivity index (χ0n) is 6.66. The number of hydrogen-bond acceptors (Lipinski definition) is 3. The summed E-state index contributed by atoms with van der Waals surface area (Å²) in [5.74, 6) is -1.06. The maximum absolute atomic E-state index is 10.9. The molecule has 0 aromatic heterocycles. The average molecular weight is 166 g/mol. The van der Waals surface area contributed by atoms with E-state index in [0.717, 1.165) is 12.2 Å². The lowest BCUT2D eigenvalue weighted by atomic mass is 10.2. The highest BCUT2D eigenvalue weighted by Gasteiger charge is 2.14. The molecule has 0 radical (unpaired) electrons. The van der Waals surface area contributed by atoms with E-state index in [2.05, 4.69) is 24.5 Å². The monoisotopic (exact) mass is 166 g/mol. The smallest absolute Gasteiger partial charge is 0.331 e. The van der Waals surface area contributed by atoms with Crippen molar-refractivity contribution < 1.29 is 14.3 Å². The Morgan fingerprint density at radius 1 is 1.17 bits per heavy atom. The Morgan fingerprint density at radius 3 is 2.08 bits per heavy atom. The van der Waals surface area contributed by atoms with Crippen LogP contribution < -0.4 is 0 Å². The van der Waals surface area contributed by atoms with Gasteiger partial charge in [-0.2, -0.15) is 0 Å². The number of rotatable bonds is 5. The van der Waals surface area contributed by atoms with Crippen LogP contribution in [0.15, 0.2) is 38.0 Å². The zero-order valence-corrected chi connectivity index (χ0v) is 6.66. The Morgan fingerprint density at radius 2 is 1.75 bits per heavy atom. The lowest BCUT2D eigenvalue weighted by molar-refractivity contribution is -0.145. The van der Waals surface area contributed by atoms with E-state index in [1.54, 1.807) is 0 Å². The van der Waals surface area contributed by atoms with Crippen LogP contribution in [0.5, 0.6) is 0 Å². The highest BCUT2D eigenvalue weighted by molar-refractivity contribution is 5.96. The standard InChI is InChI=1S/C9H10O3/c1-4-7(10)8(5-2)12-9(11)6-3/h4-6,8H,1-3H2. The second-order valence-corrected chi connectivity index (χ2v) is 1.90. The van der Waals surface area contributed by atoms with Gasteiger partial charge in [-0.15, -0.1) is 0 Å². The minimum atomic E-state index is -0.951. The van der Waals surface area contributed by atoms with Gasteiger partial charge in [-0.1, -0.05) is 19.7 Å². The molecule has 0 amide bonds. The normalized spacial score (nSPS) is 11.0. The number of ether oxygens (including phenoxy) is 1. The van der Waals surface area contributed by atoms with Crippen LogP contribution in [0.4, 0.5) is 0 Å². The summed E-state index contributed by atoms with van der Waals surface area (Å²) in [7, 11) is 0. The number of carbonyl (C=O) groups excluding carboxylic acids is 2. The van der Waals surface area contributed by atoms with Crippen LogP contribution in [0.1, 0.15) is 0 Å². The molecule has 0 aliphatic carbocycles. The van der Waals surface area contributed by atoms with E-state index in [-0.39, 0.29) is 0 Å². The lowest BCUT2D eigenvalue weighted by Crippen LogP contribution is -2.22. The molecule has 0 bridgehead atoms. The fourth-order valence-electron chi connectivity index (χ4n) is 0.512. The first kappa shape index (κ1) is 10.4. The summed E-state index contributed by atoms with van der Waals surface area (Å²) >= 11 is 0. The largest absolute Gasteiger partial charge is 0.447 e. The molecule has 0 spiro atoms. The van der Waals surface area contributed by atoms with E-state index >= 15 is 0 Å². The van der Waals surface area contributed by atoms with Crippen LogP contribution >= 0.6 is 0 Å². The molecule has 3 nitrogen and oxygen atoms in total. The van der Waals surface area contributed by atoms with Crippen molar-refractivity contribution in [3.63, 3.8) is 0 Å². The first-order valence-corrected chi connectivity index (χ1v) is 3.27. The quantitative estimate of drug-likeness (QED) is 0.348. The number of esters is 1. The highest BCUT2D eigenvalue weighted by Crippen LogP contribution is 1.97. The Labute approximate surface area is 71.0 Å². The van der Waals surface area contributed by atoms with Crippen molar-refractivity contribution in [2.45, 2.75) is 6.10 Å². The molecule has 0 N–H and O–H groups in total. The molecule has 0 rings (SSSR count). The molecule has 0 saturated carbocycles. The Kier molecular flexibility index (Phi) is 4.38. The molecule has 1 atom stereocenters. The van der Waals surface area contributed by atoms with Gasteiger partial charge in [0, 0.05) is 6.08 Å². The van der Waals surface area contributed by atoms with E-state index in [1.807, 2.05) is 0 Å². The van der Waals surface area contributed by atoms with Crippen molar-refractivity contribution >= 4 is 11.8 Å². The summed E-state index contributed by atoms with van der Waals surface area (Å²) in [5.41, 5.74) is 0. The van der Waals surface area contributed by atoms with Crippen LogP contribution in [0.3, 0.4) is 0 Å². The fourth-order valence-corrected chi connectivity index (χ4v) is 0.512. The van der Waals surface area contributed by atoms with Crippen molar-refractivity contribution in [2.75, 3.05) is 0 Å². The molecule has 0 saturated heterocycles. The zero-order chi connectivity index (χ0) is 9.56. The summed E-state index contributed by atoms with van der Waals surface area (Å²) in [6.07, 6.45) is 2.33. The van der Waals surface area contributed by atoms with Gasteiger partial charge in [0.25, 0.3) is 0 Å². The summed E-state index contributed by atoms with van der Waals surface area (Å²) in [5, 5.41) is 0. The minimum absolute atomic E-state index is 0.403. The second-order valence-electron chi connectivity index (χ2n) is 1.90. The topological polar surface area (TPSA) is 43.4 Å². The van der Waals surface area contributed by atoms with E-state index in [1.165, 1.54) is 6.08 Å². The maximum Gasteiger partial charge on any atom is 0.331 e.